The van der Waals surface area contributed by atoms with Crippen molar-refractivity contribution < 1.29 is 0 Å². The molecule has 1 unspecified atom stereocenters. The van der Waals surface area contributed by atoms with E-state index in [0.29, 0.717) is 6.04 Å². The highest BCUT2D eigenvalue weighted by Crippen LogP contribution is 2.23. The molecule has 0 amide bonds. The second-order valence-corrected chi connectivity index (χ2v) is 6.39. The molecule has 1 aliphatic rings. The summed E-state index contributed by atoms with van der Waals surface area (Å²) in [5.41, 5.74) is 1.19. The molecule has 0 spiro atoms. The van der Waals surface area contributed by atoms with Crippen LogP contribution in [0, 0.1) is 0 Å². The Morgan fingerprint density at radius 3 is 3.00 bits per heavy atom. The molecule has 1 fully saturated rings. The quantitative estimate of drug-likeness (QED) is 0.616. The van der Waals surface area contributed by atoms with Gasteiger partial charge in [0.25, 0.3) is 0 Å². The SMILES string of the molecule is CCN(C)CCNC(=NC)NC1CCN(c2cccc(Cl)c2)C1. The maximum atomic E-state index is 6.09. The number of likely N-dealkylation sites (N-methyl/N-ethyl adjacent to an activating group) is 1. The third-order valence-corrected chi connectivity index (χ3v) is 4.49. The average Bonchev–Trinajstić information content (AvgIpc) is 3.02. The summed E-state index contributed by atoms with van der Waals surface area (Å²) in [7, 11) is 3.94. The molecule has 1 aromatic rings. The number of nitrogens with one attached hydrogen (secondary N) is 2. The van der Waals surface area contributed by atoms with E-state index in [9.17, 15) is 0 Å². The maximum Gasteiger partial charge on any atom is 0.191 e. The normalized spacial score (nSPS) is 18.6. The van der Waals surface area contributed by atoms with Gasteiger partial charge < -0.3 is 20.4 Å². The first-order chi connectivity index (χ1) is 11.1. The zero-order valence-electron chi connectivity index (χ0n) is 14.3. The average molecular weight is 338 g/mol. The Kier molecular flexibility index (Phi) is 6.99. The van der Waals surface area contributed by atoms with Gasteiger partial charge in [-0.25, -0.2) is 0 Å². The van der Waals surface area contributed by atoms with Gasteiger partial charge in [0.1, 0.15) is 0 Å². The van der Waals surface area contributed by atoms with Gasteiger partial charge in [0.05, 0.1) is 0 Å². The Balaban J connectivity index is 1.79. The van der Waals surface area contributed by atoms with Crippen LogP contribution in [0.2, 0.25) is 5.02 Å². The molecule has 1 atom stereocenters. The summed E-state index contributed by atoms with van der Waals surface area (Å²) in [5.74, 6) is 0.882. The Hall–Kier alpha value is -1.46. The summed E-state index contributed by atoms with van der Waals surface area (Å²) in [4.78, 5) is 8.96. The Bertz CT molecular complexity index is 519. The molecule has 128 valence electrons. The van der Waals surface area contributed by atoms with Crippen LogP contribution < -0.4 is 15.5 Å². The van der Waals surface area contributed by atoms with E-state index < -0.39 is 0 Å². The molecule has 0 aromatic heterocycles. The lowest BCUT2D eigenvalue weighted by molar-refractivity contribution is 0.357. The van der Waals surface area contributed by atoms with Crippen LogP contribution in [-0.2, 0) is 0 Å². The molecule has 23 heavy (non-hydrogen) atoms. The summed E-state index contributed by atoms with van der Waals surface area (Å²) in [5, 5.41) is 7.69. The van der Waals surface area contributed by atoms with Crippen molar-refractivity contribution >= 4 is 23.2 Å². The molecule has 1 aliphatic heterocycles. The maximum absolute atomic E-state index is 6.09. The molecule has 0 aliphatic carbocycles. The van der Waals surface area contributed by atoms with Gasteiger partial charge in [0.2, 0.25) is 0 Å². The molecule has 5 nitrogen and oxygen atoms in total. The summed E-state index contributed by atoms with van der Waals surface area (Å²) in [6, 6.07) is 8.46. The molecule has 1 saturated heterocycles. The highest BCUT2D eigenvalue weighted by molar-refractivity contribution is 6.30. The lowest BCUT2D eigenvalue weighted by Gasteiger charge is -2.21. The number of nitrogens with zero attached hydrogens (tertiary/aromatic N) is 3. The second-order valence-electron chi connectivity index (χ2n) is 5.95. The van der Waals surface area contributed by atoms with Gasteiger partial charge in [-0.05, 0) is 38.2 Å². The lowest BCUT2D eigenvalue weighted by Crippen LogP contribution is -2.46. The van der Waals surface area contributed by atoms with Gasteiger partial charge in [-0.1, -0.05) is 24.6 Å². The van der Waals surface area contributed by atoms with Crippen LogP contribution in [-0.4, -0.2) is 63.7 Å². The first-order valence-corrected chi connectivity index (χ1v) is 8.66. The first kappa shape index (κ1) is 17.9. The highest BCUT2D eigenvalue weighted by Gasteiger charge is 2.23. The summed E-state index contributed by atoms with van der Waals surface area (Å²) >= 11 is 6.09. The Morgan fingerprint density at radius 1 is 1.48 bits per heavy atom. The molecule has 0 radical (unpaired) electrons. The summed E-state index contributed by atoms with van der Waals surface area (Å²) in [6.07, 6.45) is 1.10. The topological polar surface area (TPSA) is 42.9 Å². The van der Waals surface area contributed by atoms with Crippen LogP contribution in [0.25, 0.3) is 0 Å². The molecule has 1 heterocycles. The third kappa shape index (κ3) is 5.59. The van der Waals surface area contributed by atoms with E-state index >= 15 is 0 Å². The van der Waals surface area contributed by atoms with E-state index in [2.05, 4.69) is 45.5 Å². The van der Waals surface area contributed by atoms with Crippen LogP contribution in [0.1, 0.15) is 13.3 Å². The zero-order valence-corrected chi connectivity index (χ0v) is 15.1. The Morgan fingerprint density at radius 2 is 2.30 bits per heavy atom. The van der Waals surface area contributed by atoms with E-state index in [-0.39, 0.29) is 0 Å². The van der Waals surface area contributed by atoms with Crippen LogP contribution in [0.15, 0.2) is 29.3 Å². The number of benzene rings is 1. The standard InChI is InChI=1S/C17H28ClN5/c1-4-22(3)11-9-20-17(19-2)21-15-8-10-23(13-15)16-7-5-6-14(18)12-16/h5-7,12,15H,4,8-11,13H2,1-3H3,(H2,19,20,21). The Labute approximate surface area is 144 Å². The minimum absolute atomic E-state index is 0.407. The summed E-state index contributed by atoms with van der Waals surface area (Å²) in [6.45, 7) is 7.13. The number of aliphatic imine (C=N–C) groups is 1. The number of halogens is 1. The van der Waals surface area contributed by atoms with Gasteiger partial charge in [0, 0.05) is 50.0 Å². The molecule has 2 N–H and O–H groups in total. The minimum atomic E-state index is 0.407. The predicted molar refractivity (Wildman–Crippen MR) is 99.7 cm³/mol. The van der Waals surface area contributed by atoms with Gasteiger partial charge in [-0.2, -0.15) is 0 Å². The zero-order chi connectivity index (χ0) is 16.7. The van der Waals surface area contributed by atoms with E-state index in [1.807, 2.05) is 25.2 Å². The molecule has 2 rings (SSSR count). The van der Waals surface area contributed by atoms with E-state index in [0.717, 1.165) is 50.1 Å². The fraction of sp³-hybridized carbons (Fsp3) is 0.588. The van der Waals surface area contributed by atoms with E-state index in [4.69, 9.17) is 11.6 Å². The van der Waals surface area contributed by atoms with Gasteiger partial charge in [-0.15, -0.1) is 0 Å². The monoisotopic (exact) mass is 337 g/mol. The smallest absolute Gasteiger partial charge is 0.191 e. The predicted octanol–water partition coefficient (Wildman–Crippen LogP) is 2.04. The van der Waals surface area contributed by atoms with E-state index in [1.165, 1.54) is 5.69 Å². The van der Waals surface area contributed by atoms with Crippen molar-refractivity contribution in [2.45, 2.75) is 19.4 Å². The fourth-order valence-corrected chi connectivity index (χ4v) is 2.88. The van der Waals surface area contributed by atoms with Crippen molar-refractivity contribution in [2.75, 3.05) is 51.7 Å². The number of hydrogen-bond acceptors (Lipinski definition) is 3. The number of anilines is 1. The molecular formula is C17H28ClN5. The van der Waals surface area contributed by atoms with Crippen LogP contribution in [0.5, 0.6) is 0 Å². The summed E-state index contributed by atoms with van der Waals surface area (Å²) < 4.78 is 0. The van der Waals surface area contributed by atoms with Crippen LogP contribution >= 0.6 is 11.6 Å². The van der Waals surface area contributed by atoms with Crippen molar-refractivity contribution in [2.24, 2.45) is 4.99 Å². The molecule has 6 heteroatoms. The van der Waals surface area contributed by atoms with Crippen molar-refractivity contribution in [1.29, 1.82) is 0 Å². The third-order valence-electron chi connectivity index (χ3n) is 4.25. The highest BCUT2D eigenvalue weighted by atomic mass is 35.5. The molecule has 1 aromatic carbocycles. The largest absolute Gasteiger partial charge is 0.369 e. The van der Waals surface area contributed by atoms with Crippen molar-refractivity contribution in [1.82, 2.24) is 15.5 Å². The molecule has 0 saturated carbocycles. The van der Waals surface area contributed by atoms with Gasteiger partial charge in [-0.3, -0.25) is 4.99 Å². The van der Waals surface area contributed by atoms with Crippen molar-refractivity contribution in [3.63, 3.8) is 0 Å². The molecule has 0 bridgehead atoms. The lowest BCUT2D eigenvalue weighted by atomic mass is 10.3. The van der Waals surface area contributed by atoms with Crippen molar-refractivity contribution in [3.05, 3.63) is 29.3 Å². The number of hydrogen-bond donors (Lipinski definition) is 2. The van der Waals surface area contributed by atoms with Crippen molar-refractivity contribution in [3.8, 4) is 0 Å². The first-order valence-electron chi connectivity index (χ1n) is 8.28. The second kappa shape index (κ2) is 8.99. The minimum Gasteiger partial charge on any atom is -0.369 e. The number of guanidine groups is 1. The number of rotatable bonds is 6. The van der Waals surface area contributed by atoms with E-state index in [1.54, 1.807) is 0 Å². The van der Waals surface area contributed by atoms with Crippen LogP contribution in [0.4, 0.5) is 5.69 Å². The van der Waals surface area contributed by atoms with Gasteiger partial charge in [0.15, 0.2) is 5.96 Å². The van der Waals surface area contributed by atoms with Gasteiger partial charge >= 0.3 is 0 Å². The fourth-order valence-electron chi connectivity index (χ4n) is 2.70. The van der Waals surface area contributed by atoms with Crippen LogP contribution in [0.3, 0.4) is 0 Å². The molecular weight excluding hydrogens is 310 g/mol.